The number of nitrogens with two attached hydrogens (primary N) is 1. The van der Waals surface area contributed by atoms with Gasteiger partial charge in [0.05, 0.1) is 17.3 Å². The van der Waals surface area contributed by atoms with Crippen LogP contribution in [0.15, 0.2) is 54.7 Å². The Balaban J connectivity index is 1.59. The van der Waals surface area contributed by atoms with Gasteiger partial charge in [0, 0.05) is 24.4 Å². The van der Waals surface area contributed by atoms with Crippen LogP contribution in [0, 0.1) is 17.5 Å². The van der Waals surface area contributed by atoms with Gasteiger partial charge in [-0.3, -0.25) is 4.79 Å². The number of halogens is 6. The summed E-state index contributed by atoms with van der Waals surface area (Å²) in [5.74, 6) is -4.45. The Labute approximate surface area is 177 Å². The van der Waals surface area contributed by atoms with Crippen LogP contribution in [0.25, 0.3) is 0 Å². The molecule has 32 heavy (non-hydrogen) atoms. The number of amides is 1. The summed E-state index contributed by atoms with van der Waals surface area (Å²) in [4.78, 5) is 15.7. The van der Waals surface area contributed by atoms with Crippen molar-refractivity contribution in [3.05, 3.63) is 83.3 Å². The molecule has 0 spiro atoms. The highest BCUT2D eigenvalue weighted by molar-refractivity contribution is 5.95. The average Bonchev–Trinajstić information content (AvgIpc) is 2.73. The van der Waals surface area contributed by atoms with Crippen LogP contribution in [0.5, 0.6) is 11.6 Å². The van der Waals surface area contributed by atoms with Gasteiger partial charge in [0.25, 0.3) is 0 Å². The Morgan fingerprint density at radius 1 is 1.00 bits per heavy atom. The molecule has 1 amide bonds. The molecule has 11 heteroatoms. The van der Waals surface area contributed by atoms with E-state index in [-0.39, 0.29) is 18.1 Å². The van der Waals surface area contributed by atoms with E-state index in [1.807, 2.05) is 0 Å². The first-order valence-corrected chi connectivity index (χ1v) is 9.04. The Morgan fingerprint density at radius 3 is 2.25 bits per heavy atom. The molecule has 1 atom stereocenters. The van der Waals surface area contributed by atoms with Gasteiger partial charge in [-0.25, -0.2) is 18.2 Å². The van der Waals surface area contributed by atoms with Crippen LogP contribution < -0.4 is 15.8 Å². The van der Waals surface area contributed by atoms with Gasteiger partial charge in [-0.15, -0.1) is 0 Å². The van der Waals surface area contributed by atoms with E-state index in [0.717, 1.165) is 12.1 Å². The molecule has 1 aromatic heterocycles. The fourth-order valence-corrected chi connectivity index (χ4v) is 2.61. The standard InChI is InChI=1S/C21H15F6N3O2/c22-14-8-16(24)18(9-15(14)23)30-20(31)17(28)7-11-1-4-13(5-2-11)32-19-6-3-12(10-29-19)21(25,26)27/h1-6,8-10,17H,7,28H2,(H,30,31). The molecule has 3 aromatic rings. The van der Waals surface area contributed by atoms with Crippen molar-refractivity contribution in [3.8, 4) is 11.6 Å². The number of nitrogens with one attached hydrogen (secondary N) is 1. The van der Waals surface area contributed by atoms with Crippen molar-refractivity contribution in [3.63, 3.8) is 0 Å². The summed E-state index contributed by atoms with van der Waals surface area (Å²) in [5, 5.41) is 2.10. The lowest BCUT2D eigenvalue weighted by Gasteiger charge is -2.13. The second-order valence-electron chi connectivity index (χ2n) is 6.67. The number of rotatable bonds is 6. The molecule has 5 nitrogen and oxygen atoms in total. The first kappa shape index (κ1) is 23.1. The van der Waals surface area contributed by atoms with Crippen molar-refractivity contribution in [2.45, 2.75) is 18.6 Å². The van der Waals surface area contributed by atoms with Crippen molar-refractivity contribution in [1.82, 2.24) is 4.98 Å². The largest absolute Gasteiger partial charge is 0.439 e. The molecule has 0 aliphatic heterocycles. The minimum atomic E-state index is -4.51. The van der Waals surface area contributed by atoms with Gasteiger partial charge in [-0.05, 0) is 30.2 Å². The van der Waals surface area contributed by atoms with Gasteiger partial charge in [-0.2, -0.15) is 13.2 Å². The van der Waals surface area contributed by atoms with E-state index in [2.05, 4.69) is 10.3 Å². The summed E-state index contributed by atoms with van der Waals surface area (Å²) in [6.07, 6.45) is -3.83. The van der Waals surface area contributed by atoms with E-state index in [9.17, 15) is 31.1 Å². The zero-order valence-electron chi connectivity index (χ0n) is 16.1. The summed E-state index contributed by atoms with van der Waals surface area (Å²) in [6.45, 7) is 0. The molecule has 0 radical (unpaired) electrons. The summed E-state index contributed by atoms with van der Waals surface area (Å²) in [6, 6.07) is 7.71. The van der Waals surface area contributed by atoms with Gasteiger partial charge >= 0.3 is 6.18 Å². The zero-order chi connectivity index (χ0) is 23.5. The smallest absolute Gasteiger partial charge is 0.417 e. The number of pyridine rings is 1. The fourth-order valence-electron chi connectivity index (χ4n) is 2.61. The number of aromatic nitrogens is 1. The quantitative estimate of drug-likeness (QED) is 0.413. The van der Waals surface area contributed by atoms with Crippen LogP contribution in [0.1, 0.15) is 11.1 Å². The fraction of sp³-hybridized carbons (Fsp3) is 0.143. The number of anilines is 1. The maximum atomic E-state index is 13.6. The minimum absolute atomic E-state index is 0.0237. The van der Waals surface area contributed by atoms with Crippen LogP contribution in [-0.4, -0.2) is 16.9 Å². The number of carbonyl (C=O) groups excluding carboxylic acids is 1. The number of nitrogens with zero attached hydrogens (tertiary/aromatic N) is 1. The molecule has 3 N–H and O–H groups in total. The molecule has 0 saturated carbocycles. The third kappa shape index (κ3) is 5.76. The van der Waals surface area contributed by atoms with E-state index in [0.29, 0.717) is 23.9 Å². The molecule has 2 aromatic carbocycles. The first-order valence-electron chi connectivity index (χ1n) is 9.04. The van der Waals surface area contributed by atoms with Gasteiger partial charge in [-0.1, -0.05) is 12.1 Å². The highest BCUT2D eigenvalue weighted by Gasteiger charge is 2.30. The summed E-state index contributed by atoms with van der Waals surface area (Å²) in [5.41, 5.74) is 4.93. The van der Waals surface area contributed by atoms with Gasteiger partial charge in [0.1, 0.15) is 11.6 Å². The molecule has 3 rings (SSSR count). The number of hydrogen-bond donors (Lipinski definition) is 2. The van der Waals surface area contributed by atoms with E-state index < -0.39 is 46.8 Å². The molecule has 1 heterocycles. The predicted octanol–water partition coefficient (Wildman–Crippen LogP) is 4.82. The van der Waals surface area contributed by atoms with Crippen LogP contribution in [0.4, 0.5) is 32.0 Å². The Kier molecular flexibility index (Phi) is 6.68. The van der Waals surface area contributed by atoms with Crippen molar-refractivity contribution in [2.75, 3.05) is 5.32 Å². The molecule has 0 aliphatic carbocycles. The summed E-state index contributed by atoms with van der Waals surface area (Å²) < 4.78 is 82.9. The third-order valence-electron chi connectivity index (χ3n) is 4.27. The van der Waals surface area contributed by atoms with Crippen LogP contribution in [0.3, 0.4) is 0 Å². The number of hydrogen-bond acceptors (Lipinski definition) is 4. The summed E-state index contributed by atoms with van der Waals surface area (Å²) >= 11 is 0. The Bertz CT molecular complexity index is 1100. The maximum Gasteiger partial charge on any atom is 0.417 e. The van der Waals surface area contributed by atoms with E-state index in [1.54, 1.807) is 12.1 Å². The number of alkyl halides is 3. The number of benzene rings is 2. The molecule has 0 fully saturated rings. The topological polar surface area (TPSA) is 77.2 Å². The SMILES string of the molecule is NC(Cc1ccc(Oc2ccc(C(F)(F)F)cn2)cc1)C(=O)Nc1cc(F)c(F)cc1F. The Hall–Kier alpha value is -3.60. The molecule has 0 aliphatic rings. The highest BCUT2D eigenvalue weighted by atomic mass is 19.4. The lowest BCUT2D eigenvalue weighted by atomic mass is 10.1. The normalized spacial score (nSPS) is 12.3. The van der Waals surface area contributed by atoms with Crippen molar-refractivity contribution in [1.29, 1.82) is 0 Å². The monoisotopic (exact) mass is 455 g/mol. The van der Waals surface area contributed by atoms with Gasteiger partial charge in [0.15, 0.2) is 11.6 Å². The molecule has 168 valence electrons. The zero-order valence-corrected chi connectivity index (χ0v) is 16.1. The average molecular weight is 455 g/mol. The minimum Gasteiger partial charge on any atom is -0.439 e. The Morgan fingerprint density at radius 2 is 1.66 bits per heavy atom. The molecule has 1 unspecified atom stereocenters. The van der Waals surface area contributed by atoms with E-state index >= 15 is 0 Å². The molecule has 0 saturated heterocycles. The number of ether oxygens (including phenoxy) is 1. The van der Waals surface area contributed by atoms with E-state index in [4.69, 9.17) is 10.5 Å². The number of carbonyl (C=O) groups is 1. The van der Waals surface area contributed by atoms with E-state index in [1.165, 1.54) is 12.1 Å². The molecular formula is C21H15F6N3O2. The van der Waals surface area contributed by atoms with Crippen molar-refractivity contribution < 1.29 is 35.9 Å². The predicted molar refractivity (Wildman–Crippen MR) is 102 cm³/mol. The highest BCUT2D eigenvalue weighted by Crippen LogP contribution is 2.30. The van der Waals surface area contributed by atoms with Crippen molar-refractivity contribution >= 4 is 11.6 Å². The second-order valence-corrected chi connectivity index (χ2v) is 6.67. The summed E-state index contributed by atoms with van der Waals surface area (Å²) in [7, 11) is 0. The van der Waals surface area contributed by atoms with Crippen LogP contribution in [0.2, 0.25) is 0 Å². The van der Waals surface area contributed by atoms with Gasteiger partial charge in [0.2, 0.25) is 11.8 Å². The lowest BCUT2D eigenvalue weighted by molar-refractivity contribution is -0.137. The van der Waals surface area contributed by atoms with Gasteiger partial charge < -0.3 is 15.8 Å². The first-order chi connectivity index (χ1) is 15.0. The van der Waals surface area contributed by atoms with Crippen molar-refractivity contribution in [2.24, 2.45) is 5.73 Å². The lowest BCUT2D eigenvalue weighted by Crippen LogP contribution is -2.37. The molecular weight excluding hydrogens is 440 g/mol. The van der Waals surface area contributed by atoms with Crippen LogP contribution >= 0.6 is 0 Å². The molecule has 0 bridgehead atoms. The third-order valence-corrected chi connectivity index (χ3v) is 4.27. The second kappa shape index (κ2) is 9.27. The maximum absolute atomic E-state index is 13.6. The van der Waals surface area contributed by atoms with Crippen LogP contribution in [-0.2, 0) is 17.4 Å².